The number of anilines is 2. The van der Waals surface area contributed by atoms with Gasteiger partial charge in [-0.2, -0.15) is 0 Å². The van der Waals surface area contributed by atoms with Crippen molar-refractivity contribution in [2.24, 2.45) is 23.2 Å². The smallest absolute Gasteiger partial charge is 0.244 e. The van der Waals surface area contributed by atoms with Crippen LogP contribution in [-0.4, -0.2) is 23.3 Å². The molecule has 4 aliphatic carbocycles. The average molecular weight is 468 g/mol. The first kappa shape index (κ1) is 22.3. The molecule has 33 heavy (non-hydrogen) atoms. The zero-order valence-electron chi connectivity index (χ0n) is 18.9. The Morgan fingerprint density at radius 1 is 1.18 bits per heavy atom. The van der Waals surface area contributed by atoms with Gasteiger partial charge in [0.25, 0.3) is 0 Å². The van der Waals surface area contributed by atoms with Crippen LogP contribution in [0, 0.1) is 29.0 Å². The van der Waals surface area contributed by atoms with Gasteiger partial charge in [0.05, 0.1) is 11.4 Å². The molecule has 4 bridgehead atoms. The Balaban J connectivity index is 1.17. The number of carbonyl (C=O) groups excluding carboxylic acids is 2. The number of hydrogen-bond acceptors (Lipinski definition) is 4. The van der Waals surface area contributed by atoms with Crippen molar-refractivity contribution in [2.75, 3.05) is 11.4 Å². The van der Waals surface area contributed by atoms with E-state index < -0.39 is 5.82 Å². The van der Waals surface area contributed by atoms with Gasteiger partial charge in [0.15, 0.2) is 5.13 Å². The van der Waals surface area contributed by atoms with Crippen molar-refractivity contribution in [3.8, 4) is 0 Å². The largest absolute Gasteiger partial charge is 0.353 e. The summed E-state index contributed by atoms with van der Waals surface area (Å²) < 4.78 is 14.2. The van der Waals surface area contributed by atoms with Crippen LogP contribution in [0.3, 0.4) is 0 Å². The normalized spacial score (nSPS) is 27.8. The minimum Gasteiger partial charge on any atom is -0.353 e. The van der Waals surface area contributed by atoms with Crippen molar-refractivity contribution in [3.05, 3.63) is 47.2 Å². The molecular weight excluding hydrogens is 437 g/mol. The number of para-hydroxylation sites is 1. The summed E-state index contributed by atoms with van der Waals surface area (Å²) in [6.07, 6.45) is 12.5. The third-order valence-corrected chi connectivity index (χ3v) is 8.48. The monoisotopic (exact) mass is 467 g/mol. The van der Waals surface area contributed by atoms with Crippen molar-refractivity contribution in [3.63, 3.8) is 0 Å². The number of rotatable bonds is 7. The Hall–Kier alpha value is -2.54. The van der Waals surface area contributed by atoms with Gasteiger partial charge < -0.3 is 5.32 Å². The van der Waals surface area contributed by atoms with Gasteiger partial charge in [-0.25, -0.2) is 9.37 Å². The summed E-state index contributed by atoms with van der Waals surface area (Å²) in [5.41, 5.74) is 1.18. The summed E-state index contributed by atoms with van der Waals surface area (Å²) in [6.45, 7) is 2.09. The maximum Gasteiger partial charge on any atom is 0.244 e. The van der Waals surface area contributed by atoms with E-state index in [1.807, 2.05) is 0 Å². The van der Waals surface area contributed by atoms with Crippen LogP contribution in [-0.2, 0) is 9.59 Å². The van der Waals surface area contributed by atoms with Crippen molar-refractivity contribution >= 4 is 40.0 Å². The fourth-order valence-corrected chi connectivity index (χ4v) is 7.61. The summed E-state index contributed by atoms with van der Waals surface area (Å²) in [6, 6.07) is 6.11. The molecule has 1 N–H and O–H groups in total. The predicted molar refractivity (Wildman–Crippen MR) is 129 cm³/mol. The van der Waals surface area contributed by atoms with E-state index in [1.165, 1.54) is 73.8 Å². The van der Waals surface area contributed by atoms with Crippen LogP contribution in [0.1, 0.15) is 57.6 Å². The van der Waals surface area contributed by atoms with E-state index >= 15 is 0 Å². The summed E-state index contributed by atoms with van der Waals surface area (Å²) >= 11 is 1.24. The van der Waals surface area contributed by atoms with Crippen molar-refractivity contribution in [2.45, 2.75) is 51.9 Å². The highest BCUT2D eigenvalue weighted by Crippen LogP contribution is 2.61. The molecule has 4 fully saturated rings. The summed E-state index contributed by atoms with van der Waals surface area (Å²) in [4.78, 5) is 30.2. The number of hydrogen-bond donors (Lipinski definition) is 1. The maximum atomic E-state index is 14.2. The molecule has 0 saturated heterocycles. The first-order valence-corrected chi connectivity index (χ1v) is 12.8. The number of benzene rings is 1. The van der Waals surface area contributed by atoms with Gasteiger partial charge in [-0.15, -0.1) is 11.3 Å². The number of thiazole rings is 1. The molecule has 0 spiro atoms. The number of carbonyl (C=O) groups is 2. The topological polar surface area (TPSA) is 62.3 Å². The SMILES string of the molecule is CC(=O)N(c1nc(C=CC(=O)NCCC23CC4CC(CC(C4)C2)C3)cs1)c1ccccc1F. The molecule has 1 heterocycles. The third-order valence-electron chi connectivity index (χ3n) is 7.63. The van der Waals surface area contributed by atoms with Crippen LogP contribution < -0.4 is 10.2 Å². The van der Waals surface area contributed by atoms with Gasteiger partial charge in [-0.3, -0.25) is 14.5 Å². The number of nitrogens with one attached hydrogen (secondary N) is 1. The highest BCUT2D eigenvalue weighted by atomic mass is 32.1. The second-order valence-electron chi connectivity index (χ2n) is 10.2. The van der Waals surface area contributed by atoms with E-state index in [2.05, 4.69) is 10.3 Å². The van der Waals surface area contributed by atoms with Crippen LogP contribution in [0.2, 0.25) is 0 Å². The summed E-state index contributed by atoms with van der Waals surface area (Å²) in [7, 11) is 0. The molecule has 0 radical (unpaired) electrons. The van der Waals surface area contributed by atoms with Gasteiger partial charge in [0.2, 0.25) is 11.8 Å². The minimum atomic E-state index is -0.488. The number of halogens is 1. The van der Waals surface area contributed by atoms with Crippen LogP contribution >= 0.6 is 11.3 Å². The summed E-state index contributed by atoms with van der Waals surface area (Å²) in [5.74, 6) is 1.82. The lowest BCUT2D eigenvalue weighted by molar-refractivity contribution is -0.117. The average Bonchev–Trinajstić information content (AvgIpc) is 3.21. The number of aromatic nitrogens is 1. The van der Waals surface area contributed by atoms with E-state index in [1.54, 1.807) is 29.7 Å². The number of nitrogens with zero attached hydrogens (tertiary/aromatic N) is 2. The van der Waals surface area contributed by atoms with Crippen molar-refractivity contribution in [1.29, 1.82) is 0 Å². The van der Waals surface area contributed by atoms with Crippen LogP contribution in [0.4, 0.5) is 15.2 Å². The second-order valence-corrected chi connectivity index (χ2v) is 11.0. The van der Waals surface area contributed by atoms with Crippen molar-refractivity contribution < 1.29 is 14.0 Å². The molecule has 1 aromatic heterocycles. The second kappa shape index (κ2) is 9.01. The fourth-order valence-electron chi connectivity index (χ4n) is 6.76. The lowest BCUT2D eigenvalue weighted by Crippen LogP contribution is -2.47. The summed E-state index contributed by atoms with van der Waals surface area (Å²) in [5, 5.41) is 5.17. The Bertz CT molecular complexity index is 1040. The molecule has 4 saturated carbocycles. The van der Waals surface area contributed by atoms with Crippen LogP contribution in [0.25, 0.3) is 6.08 Å². The third kappa shape index (κ3) is 4.74. The lowest BCUT2D eigenvalue weighted by Gasteiger charge is -2.57. The maximum absolute atomic E-state index is 14.2. The molecule has 4 aliphatic rings. The Morgan fingerprint density at radius 3 is 2.48 bits per heavy atom. The Morgan fingerprint density at radius 2 is 1.85 bits per heavy atom. The van der Waals surface area contributed by atoms with Gasteiger partial charge in [0, 0.05) is 24.9 Å². The molecule has 2 aromatic rings. The van der Waals surface area contributed by atoms with E-state index in [4.69, 9.17) is 0 Å². The highest BCUT2D eigenvalue weighted by Gasteiger charge is 2.50. The quantitative estimate of drug-likeness (QED) is 0.531. The van der Waals surface area contributed by atoms with Gasteiger partial charge >= 0.3 is 0 Å². The molecule has 0 aliphatic heterocycles. The zero-order valence-corrected chi connectivity index (χ0v) is 19.7. The Labute approximate surface area is 198 Å². The molecule has 1 aromatic carbocycles. The molecule has 7 heteroatoms. The molecule has 5 nitrogen and oxygen atoms in total. The van der Waals surface area contributed by atoms with Gasteiger partial charge in [-0.05, 0) is 86.3 Å². The Kier molecular flexibility index (Phi) is 6.08. The highest BCUT2D eigenvalue weighted by molar-refractivity contribution is 7.14. The van der Waals surface area contributed by atoms with Crippen LogP contribution in [0.5, 0.6) is 0 Å². The molecule has 0 unspecified atom stereocenters. The first-order chi connectivity index (χ1) is 15.9. The standard InChI is InChI=1S/C26H30FN3O2S/c1-17(31)30(23-5-3-2-4-22(23)27)25-29-21(16-33-25)6-7-24(32)28-9-8-26-13-18-10-19(14-26)12-20(11-18)15-26/h2-7,16,18-20H,8-15H2,1H3,(H,28,32). The fraction of sp³-hybridized carbons (Fsp3) is 0.500. The predicted octanol–water partition coefficient (Wildman–Crippen LogP) is 5.70. The van der Waals surface area contributed by atoms with E-state index in [0.29, 0.717) is 22.8 Å². The van der Waals surface area contributed by atoms with Gasteiger partial charge in [-0.1, -0.05) is 12.1 Å². The molecule has 174 valence electrons. The molecule has 2 amide bonds. The van der Waals surface area contributed by atoms with E-state index in [9.17, 15) is 14.0 Å². The van der Waals surface area contributed by atoms with E-state index in [0.717, 1.165) is 24.2 Å². The molecule has 0 atom stereocenters. The van der Waals surface area contributed by atoms with Gasteiger partial charge in [0.1, 0.15) is 5.82 Å². The lowest BCUT2D eigenvalue weighted by atomic mass is 9.49. The van der Waals surface area contributed by atoms with Crippen molar-refractivity contribution in [1.82, 2.24) is 10.3 Å². The minimum absolute atomic E-state index is 0.133. The zero-order chi connectivity index (χ0) is 23.0. The number of amides is 2. The molecular formula is C26H30FN3O2S. The van der Waals surface area contributed by atoms with Crippen LogP contribution in [0.15, 0.2) is 35.7 Å². The van der Waals surface area contributed by atoms with E-state index in [-0.39, 0.29) is 17.5 Å². The first-order valence-electron chi connectivity index (χ1n) is 11.9. The molecule has 6 rings (SSSR count).